The van der Waals surface area contributed by atoms with E-state index in [1.807, 2.05) is 6.92 Å². The predicted molar refractivity (Wildman–Crippen MR) is 105 cm³/mol. The highest BCUT2D eigenvalue weighted by Gasteiger charge is 2.14. The van der Waals surface area contributed by atoms with Crippen molar-refractivity contribution in [2.24, 2.45) is 0 Å². The molecule has 0 amide bonds. The van der Waals surface area contributed by atoms with Gasteiger partial charge in [0.1, 0.15) is 5.82 Å². The highest BCUT2D eigenvalue weighted by Crippen LogP contribution is 2.17. The van der Waals surface area contributed by atoms with E-state index in [0.29, 0.717) is 6.54 Å². The monoisotopic (exact) mass is 367 g/mol. The Kier molecular flexibility index (Phi) is 5.23. The Morgan fingerprint density at radius 3 is 2.04 bits per heavy atom. The van der Waals surface area contributed by atoms with Crippen LogP contribution in [0.5, 0.6) is 0 Å². The van der Waals surface area contributed by atoms with Crippen molar-refractivity contribution in [1.29, 1.82) is 0 Å². The first-order valence-corrected chi connectivity index (χ1v) is 9.76. The van der Waals surface area contributed by atoms with Crippen LogP contribution in [0.25, 0.3) is 0 Å². The Labute approximate surface area is 154 Å². The molecular formula is C20H21N3O2S. The maximum atomic E-state index is 12.4. The van der Waals surface area contributed by atoms with Crippen molar-refractivity contribution >= 4 is 21.5 Å². The van der Waals surface area contributed by atoms with E-state index in [4.69, 9.17) is 0 Å². The second kappa shape index (κ2) is 7.58. The molecule has 0 saturated heterocycles. The third-order valence-corrected chi connectivity index (χ3v) is 5.32. The molecule has 3 aromatic rings. The zero-order valence-corrected chi connectivity index (χ0v) is 15.5. The molecule has 0 saturated carbocycles. The summed E-state index contributed by atoms with van der Waals surface area (Å²) in [5.74, 6) is 0.284. The number of benzene rings is 2. The van der Waals surface area contributed by atoms with E-state index in [1.54, 1.807) is 42.6 Å². The van der Waals surface area contributed by atoms with E-state index >= 15 is 0 Å². The fourth-order valence-electron chi connectivity index (χ4n) is 2.38. The van der Waals surface area contributed by atoms with Gasteiger partial charge < -0.3 is 5.32 Å². The number of nitrogens with one attached hydrogen (secondary N) is 2. The second-order valence-electron chi connectivity index (χ2n) is 6.19. The van der Waals surface area contributed by atoms with Crippen molar-refractivity contribution in [2.45, 2.75) is 25.3 Å². The summed E-state index contributed by atoms with van der Waals surface area (Å²) in [5, 5.41) is 3.27. The molecule has 0 atom stereocenters. The van der Waals surface area contributed by atoms with Crippen LogP contribution in [0.15, 0.2) is 71.8 Å². The largest absolute Gasteiger partial charge is 0.380 e. The van der Waals surface area contributed by atoms with Gasteiger partial charge in [0.2, 0.25) is 0 Å². The van der Waals surface area contributed by atoms with Crippen molar-refractivity contribution in [3.8, 4) is 0 Å². The van der Waals surface area contributed by atoms with Crippen LogP contribution in [0, 0.1) is 13.8 Å². The van der Waals surface area contributed by atoms with Crippen molar-refractivity contribution in [3.05, 3.63) is 83.6 Å². The summed E-state index contributed by atoms with van der Waals surface area (Å²) in [4.78, 5) is 4.39. The number of nitrogens with zero attached hydrogens (tertiary/aromatic N) is 1. The molecular weight excluding hydrogens is 346 g/mol. The summed E-state index contributed by atoms with van der Waals surface area (Å²) in [6, 6.07) is 18.4. The summed E-state index contributed by atoms with van der Waals surface area (Å²) < 4.78 is 27.2. The molecule has 5 nitrogen and oxygen atoms in total. The molecule has 1 aromatic heterocycles. The van der Waals surface area contributed by atoms with Gasteiger partial charge in [-0.3, -0.25) is 4.72 Å². The van der Waals surface area contributed by atoms with Gasteiger partial charge in [0.25, 0.3) is 10.0 Å². The van der Waals surface area contributed by atoms with Crippen LogP contribution >= 0.6 is 0 Å². The minimum atomic E-state index is -3.64. The zero-order valence-electron chi connectivity index (χ0n) is 14.7. The van der Waals surface area contributed by atoms with Gasteiger partial charge >= 0.3 is 0 Å². The van der Waals surface area contributed by atoms with Gasteiger partial charge in [-0.2, -0.15) is 0 Å². The maximum absolute atomic E-state index is 12.4. The van der Waals surface area contributed by atoms with Gasteiger partial charge in [-0.05, 0) is 43.7 Å². The van der Waals surface area contributed by atoms with Crippen LogP contribution < -0.4 is 10.0 Å². The molecule has 0 bridgehead atoms. The summed E-state index contributed by atoms with van der Waals surface area (Å²) in [6.07, 6.45) is 1.61. The Balaban J connectivity index is 1.63. The molecule has 1 heterocycles. The molecule has 0 spiro atoms. The predicted octanol–water partition coefficient (Wildman–Crippen LogP) is 4.11. The maximum Gasteiger partial charge on any atom is 0.263 e. The third-order valence-electron chi connectivity index (χ3n) is 3.95. The fourth-order valence-corrected chi connectivity index (χ4v) is 3.39. The highest BCUT2D eigenvalue weighted by atomic mass is 32.2. The fraction of sp³-hybridized carbons (Fsp3) is 0.150. The quantitative estimate of drug-likeness (QED) is 0.688. The Bertz CT molecular complexity index is 965. The molecule has 3 rings (SSSR count). The van der Waals surface area contributed by atoms with E-state index in [0.717, 1.165) is 11.3 Å². The standard InChI is InChI=1S/C20H21N3O2S/c1-15-3-7-17(8-4-15)13-21-18-9-12-20(22-14-18)23-26(24,25)19-10-5-16(2)6-11-19/h3-12,14,21H,13H2,1-2H3,(H,22,23). The molecule has 2 aromatic carbocycles. The first kappa shape index (κ1) is 17.9. The summed E-state index contributed by atoms with van der Waals surface area (Å²) >= 11 is 0. The lowest BCUT2D eigenvalue weighted by molar-refractivity contribution is 0.601. The Hall–Kier alpha value is -2.86. The molecule has 0 aliphatic rings. The van der Waals surface area contributed by atoms with Crippen LogP contribution in [0.3, 0.4) is 0 Å². The highest BCUT2D eigenvalue weighted by molar-refractivity contribution is 7.92. The average molecular weight is 367 g/mol. The molecule has 0 unspecified atom stereocenters. The number of pyridine rings is 1. The van der Waals surface area contributed by atoms with Gasteiger partial charge in [-0.1, -0.05) is 47.5 Å². The number of hydrogen-bond donors (Lipinski definition) is 2. The van der Waals surface area contributed by atoms with Gasteiger partial charge in [0.15, 0.2) is 0 Å². The van der Waals surface area contributed by atoms with Crippen LogP contribution in [0.4, 0.5) is 11.5 Å². The lowest BCUT2D eigenvalue weighted by Gasteiger charge is -2.10. The first-order valence-electron chi connectivity index (χ1n) is 8.27. The van der Waals surface area contributed by atoms with Crippen LogP contribution in [0.1, 0.15) is 16.7 Å². The summed E-state index contributed by atoms with van der Waals surface area (Å²) in [5.41, 5.74) is 4.22. The number of rotatable bonds is 6. The van der Waals surface area contributed by atoms with Crippen molar-refractivity contribution in [1.82, 2.24) is 4.98 Å². The normalized spacial score (nSPS) is 11.2. The van der Waals surface area contributed by atoms with Crippen molar-refractivity contribution in [3.63, 3.8) is 0 Å². The SMILES string of the molecule is Cc1ccc(CNc2ccc(NS(=O)(=O)c3ccc(C)cc3)nc2)cc1. The second-order valence-corrected chi connectivity index (χ2v) is 7.87. The number of anilines is 2. The molecule has 0 radical (unpaired) electrons. The number of aryl methyl sites for hydroxylation is 2. The number of hydrogen-bond acceptors (Lipinski definition) is 4. The van der Waals surface area contributed by atoms with Gasteiger partial charge in [-0.15, -0.1) is 0 Å². The van der Waals surface area contributed by atoms with Crippen LogP contribution in [-0.4, -0.2) is 13.4 Å². The number of aromatic nitrogens is 1. The zero-order chi connectivity index (χ0) is 18.6. The minimum absolute atomic E-state index is 0.214. The lowest BCUT2D eigenvalue weighted by Crippen LogP contribution is -2.14. The smallest absolute Gasteiger partial charge is 0.263 e. The van der Waals surface area contributed by atoms with Crippen LogP contribution in [-0.2, 0) is 16.6 Å². The molecule has 0 aliphatic carbocycles. The molecule has 0 aliphatic heterocycles. The topological polar surface area (TPSA) is 71.1 Å². The third kappa shape index (κ3) is 4.61. The van der Waals surface area contributed by atoms with Crippen molar-refractivity contribution in [2.75, 3.05) is 10.0 Å². The molecule has 134 valence electrons. The lowest BCUT2D eigenvalue weighted by atomic mass is 10.1. The molecule has 0 fully saturated rings. The first-order chi connectivity index (χ1) is 12.4. The van der Waals surface area contributed by atoms with Crippen LogP contribution in [0.2, 0.25) is 0 Å². The van der Waals surface area contributed by atoms with Gasteiger partial charge in [-0.25, -0.2) is 13.4 Å². The van der Waals surface area contributed by atoms with E-state index in [1.165, 1.54) is 11.1 Å². The molecule has 2 N–H and O–H groups in total. The van der Waals surface area contributed by atoms with E-state index in [-0.39, 0.29) is 10.7 Å². The van der Waals surface area contributed by atoms with Gasteiger partial charge in [0, 0.05) is 6.54 Å². The number of sulfonamides is 1. The summed E-state index contributed by atoms with van der Waals surface area (Å²) in [7, 11) is -3.64. The van der Waals surface area contributed by atoms with E-state index < -0.39 is 10.0 Å². The minimum Gasteiger partial charge on any atom is -0.380 e. The van der Waals surface area contributed by atoms with E-state index in [9.17, 15) is 8.42 Å². The molecule has 26 heavy (non-hydrogen) atoms. The Morgan fingerprint density at radius 2 is 1.46 bits per heavy atom. The summed E-state index contributed by atoms with van der Waals surface area (Å²) in [6.45, 7) is 4.64. The van der Waals surface area contributed by atoms with Crippen molar-refractivity contribution < 1.29 is 8.42 Å². The van der Waals surface area contributed by atoms with Gasteiger partial charge in [0.05, 0.1) is 16.8 Å². The van der Waals surface area contributed by atoms with E-state index in [2.05, 4.69) is 46.2 Å². The Morgan fingerprint density at radius 1 is 0.846 bits per heavy atom. The molecule has 6 heteroatoms. The average Bonchev–Trinajstić information content (AvgIpc) is 2.62.